The van der Waals surface area contributed by atoms with Crippen molar-refractivity contribution < 1.29 is 22.7 Å². The predicted octanol–water partition coefficient (Wildman–Crippen LogP) is 9.12. The molecule has 0 saturated heterocycles. The number of benzene rings is 4. The van der Waals surface area contributed by atoms with Crippen LogP contribution in [0.2, 0.25) is 0 Å². The van der Waals surface area contributed by atoms with Crippen LogP contribution in [-0.2, 0) is 17.8 Å². The minimum absolute atomic E-state index is 0.0880. The standard InChI is InChI=1S/C31H30F3NO2S/c1-3-4-8-24-14-13-22(20-37-25-15-17-26(18-16-25)38-31(32,33)34)19-29(24)35-30(36)21(2)27-12-7-10-23-9-5-6-11-28(23)27/h5-7,9-19,21H,3-4,8,20H2,1-2H3,(H,35,36). The quantitative estimate of drug-likeness (QED) is 0.205. The summed E-state index contributed by atoms with van der Waals surface area (Å²) in [4.78, 5) is 13.5. The average molecular weight is 538 g/mol. The molecule has 0 aliphatic heterocycles. The van der Waals surface area contributed by atoms with Gasteiger partial charge in [-0.25, -0.2) is 0 Å². The Bertz CT molecular complexity index is 1380. The number of rotatable bonds is 10. The minimum Gasteiger partial charge on any atom is -0.489 e. The molecule has 1 unspecified atom stereocenters. The number of alkyl halides is 3. The highest BCUT2D eigenvalue weighted by Crippen LogP contribution is 2.37. The topological polar surface area (TPSA) is 38.3 Å². The maximum absolute atomic E-state index is 13.4. The number of fused-ring (bicyclic) bond motifs is 1. The second-order valence-corrected chi connectivity index (χ2v) is 10.3. The van der Waals surface area contributed by atoms with Crippen LogP contribution in [0.5, 0.6) is 5.75 Å². The largest absolute Gasteiger partial charge is 0.489 e. The Hall–Kier alpha value is -3.45. The van der Waals surface area contributed by atoms with E-state index in [-0.39, 0.29) is 35.1 Å². The summed E-state index contributed by atoms with van der Waals surface area (Å²) in [6, 6.07) is 25.8. The van der Waals surface area contributed by atoms with E-state index in [1.54, 1.807) is 0 Å². The zero-order valence-corrected chi connectivity index (χ0v) is 22.2. The molecule has 0 bridgehead atoms. The van der Waals surface area contributed by atoms with E-state index >= 15 is 0 Å². The Labute approximate surface area is 225 Å². The van der Waals surface area contributed by atoms with Gasteiger partial charge in [-0.2, -0.15) is 13.2 Å². The molecule has 1 N–H and O–H groups in total. The molecule has 0 radical (unpaired) electrons. The first-order chi connectivity index (χ1) is 18.2. The molecule has 0 spiro atoms. The summed E-state index contributed by atoms with van der Waals surface area (Å²) in [5, 5.41) is 5.30. The Morgan fingerprint density at radius 3 is 2.45 bits per heavy atom. The van der Waals surface area contributed by atoms with Gasteiger partial charge in [0.25, 0.3) is 0 Å². The lowest BCUT2D eigenvalue weighted by molar-refractivity contribution is -0.117. The first-order valence-electron chi connectivity index (χ1n) is 12.6. The van der Waals surface area contributed by atoms with Gasteiger partial charge in [-0.3, -0.25) is 4.79 Å². The average Bonchev–Trinajstić information content (AvgIpc) is 2.90. The molecule has 0 saturated carbocycles. The third-order valence-corrected chi connectivity index (χ3v) is 7.12. The van der Waals surface area contributed by atoms with Crippen LogP contribution in [0.1, 0.15) is 49.3 Å². The third-order valence-electron chi connectivity index (χ3n) is 6.38. The number of carbonyl (C=O) groups excluding carboxylic acids is 1. The van der Waals surface area contributed by atoms with Gasteiger partial charge in [-0.05, 0) is 89.3 Å². The van der Waals surface area contributed by atoms with Crippen molar-refractivity contribution in [2.24, 2.45) is 0 Å². The summed E-state index contributed by atoms with van der Waals surface area (Å²) in [6.07, 6.45) is 2.88. The monoisotopic (exact) mass is 537 g/mol. The van der Waals surface area contributed by atoms with Crippen molar-refractivity contribution in [3.63, 3.8) is 0 Å². The van der Waals surface area contributed by atoms with E-state index < -0.39 is 5.51 Å². The van der Waals surface area contributed by atoms with Crippen molar-refractivity contribution in [2.75, 3.05) is 5.32 Å². The summed E-state index contributed by atoms with van der Waals surface area (Å²) in [6.45, 7) is 4.26. The van der Waals surface area contributed by atoms with Crippen molar-refractivity contribution in [3.05, 3.63) is 102 Å². The van der Waals surface area contributed by atoms with Gasteiger partial charge in [-0.15, -0.1) is 0 Å². The van der Waals surface area contributed by atoms with Gasteiger partial charge in [0.2, 0.25) is 5.91 Å². The van der Waals surface area contributed by atoms with E-state index in [0.29, 0.717) is 5.75 Å². The Morgan fingerprint density at radius 2 is 1.71 bits per heavy atom. The van der Waals surface area contributed by atoms with Crippen LogP contribution in [0.4, 0.5) is 18.9 Å². The van der Waals surface area contributed by atoms with Gasteiger partial charge in [0.15, 0.2) is 0 Å². The van der Waals surface area contributed by atoms with Gasteiger partial charge in [0, 0.05) is 10.6 Å². The molecule has 38 heavy (non-hydrogen) atoms. The number of carbonyl (C=O) groups is 1. The SMILES string of the molecule is CCCCc1ccc(COc2ccc(SC(F)(F)F)cc2)cc1NC(=O)C(C)c1cccc2ccccc12. The second-order valence-electron chi connectivity index (χ2n) is 9.18. The number of hydrogen-bond acceptors (Lipinski definition) is 3. The van der Waals surface area contributed by atoms with E-state index in [1.165, 1.54) is 24.3 Å². The van der Waals surface area contributed by atoms with E-state index in [4.69, 9.17) is 4.74 Å². The fourth-order valence-electron chi connectivity index (χ4n) is 4.33. The lowest BCUT2D eigenvalue weighted by Crippen LogP contribution is -2.20. The summed E-state index contributed by atoms with van der Waals surface area (Å²) < 4.78 is 43.5. The number of ether oxygens (including phenoxy) is 1. The molecule has 1 atom stereocenters. The molecule has 0 aliphatic carbocycles. The van der Waals surface area contributed by atoms with Crippen LogP contribution in [0.25, 0.3) is 10.8 Å². The second kappa shape index (κ2) is 12.4. The van der Waals surface area contributed by atoms with Crippen LogP contribution in [0.15, 0.2) is 89.8 Å². The molecular weight excluding hydrogens is 507 g/mol. The highest BCUT2D eigenvalue weighted by Gasteiger charge is 2.29. The normalized spacial score (nSPS) is 12.3. The van der Waals surface area contributed by atoms with Crippen molar-refractivity contribution in [2.45, 2.75) is 56.0 Å². The number of nitrogens with one attached hydrogen (secondary N) is 1. The number of aryl methyl sites for hydroxylation is 1. The van der Waals surface area contributed by atoms with Crippen LogP contribution in [0.3, 0.4) is 0 Å². The molecule has 0 fully saturated rings. The first-order valence-corrected chi connectivity index (χ1v) is 13.4. The van der Waals surface area contributed by atoms with Gasteiger partial charge >= 0.3 is 5.51 Å². The van der Waals surface area contributed by atoms with Gasteiger partial charge in [0.1, 0.15) is 12.4 Å². The predicted molar refractivity (Wildman–Crippen MR) is 149 cm³/mol. The van der Waals surface area contributed by atoms with Crippen LogP contribution >= 0.6 is 11.8 Å². The molecule has 0 aromatic heterocycles. The molecule has 7 heteroatoms. The lowest BCUT2D eigenvalue weighted by atomic mass is 9.94. The molecular formula is C31H30F3NO2S. The van der Waals surface area contributed by atoms with E-state index in [1.807, 2.05) is 67.6 Å². The maximum atomic E-state index is 13.4. The number of halogens is 3. The minimum atomic E-state index is -4.33. The van der Waals surface area contributed by atoms with Gasteiger partial charge < -0.3 is 10.1 Å². The summed E-state index contributed by atoms with van der Waals surface area (Å²) in [7, 11) is 0. The Morgan fingerprint density at radius 1 is 0.974 bits per heavy atom. The highest BCUT2D eigenvalue weighted by atomic mass is 32.2. The summed E-state index contributed by atoms with van der Waals surface area (Å²) in [5.74, 6) is 0.0322. The van der Waals surface area contributed by atoms with Crippen LogP contribution < -0.4 is 10.1 Å². The third kappa shape index (κ3) is 7.32. The van der Waals surface area contributed by atoms with Crippen molar-refractivity contribution >= 4 is 34.1 Å². The van der Waals surface area contributed by atoms with Crippen molar-refractivity contribution in [1.82, 2.24) is 0 Å². The van der Waals surface area contributed by atoms with Gasteiger partial charge in [0.05, 0.1) is 5.92 Å². The number of anilines is 1. The van der Waals surface area contributed by atoms with Gasteiger partial charge in [-0.1, -0.05) is 67.9 Å². The molecule has 4 rings (SSSR count). The number of hydrogen-bond donors (Lipinski definition) is 1. The van der Waals surface area contributed by atoms with Crippen molar-refractivity contribution in [1.29, 1.82) is 0 Å². The molecule has 198 valence electrons. The van der Waals surface area contributed by atoms with E-state index in [9.17, 15) is 18.0 Å². The molecule has 1 amide bonds. The number of unbranched alkanes of at least 4 members (excludes halogenated alkanes) is 1. The lowest BCUT2D eigenvalue weighted by Gasteiger charge is -2.18. The zero-order valence-electron chi connectivity index (χ0n) is 21.3. The number of thioether (sulfide) groups is 1. The summed E-state index contributed by atoms with van der Waals surface area (Å²) >= 11 is -0.155. The fraction of sp³-hybridized carbons (Fsp3) is 0.258. The maximum Gasteiger partial charge on any atom is 0.446 e. The molecule has 4 aromatic rings. The summed E-state index contributed by atoms with van der Waals surface area (Å²) in [5.41, 5.74) is -0.681. The molecule has 0 heterocycles. The fourth-order valence-corrected chi connectivity index (χ4v) is 4.87. The smallest absolute Gasteiger partial charge is 0.446 e. The van der Waals surface area contributed by atoms with Crippen molar-refractivity contribution in [3.8, 4) is 5.75 Å². The van der Waals surface area contributed by atoms with Crippen LogP contribution in [0, 0.1) is 0 Å². The van der Waals surface area contributed by atoms with E-state index in [0.717, 1.165) is 52.4 Å². The molecule has 3 nitrogen and oxygen atoms in total. The highest BCUT2D eigenvalue weighted by molar-refractivity contribution is 8.00. The Balaban J connectivity index is 1.49. The van der Waals surface area contributed by atoms with Crippen LogP contribution in [-0.4, -0.2) is 11.4 Å². The van der Waals surface area contributed by atoms with E-state index in [2.05, 4.69) is 12.2 Å². The first kappa shape index (κ1) is 27.6. The Kier molecular flexibility index (Phi) is 9.00. The number of amides is 1. The zero-order chi connectivity index (χ0) is 27.1. The molecule has 4 aromatic carbocycles. The molecule has 0 aliphatic rings.